The van der Waals surface area contributed by atoms with Crippen molar-refractivity contribution in [2.45, 2.75) is 19.3 Å². The highest BCUT2D eigenvalue weighted by molar-refractivity contribution is 7.67. The summed E-state index contributed by atoms with van der Waals surface area (Å²) in [6.07, 6.45) is 0.810. The van der Waals surface area contributed by atoms with Crippen LogP contribution < -0.4 is 5.30 Å². The molecule has 1 aromatic rings. The third-order valence-corrected chi connectivity index (χ3v) is 5.42. The predicted molar refractivity (Wildman–Crippen MR) is 83.5 cm³/mol. The first-order valence-electron chi connectivity index (χ1n) is 7.29. The van der Waals surface area contributed by atoms with E-state index < -0.39 is 13.3 Å². The summed E-state index contributed by atoms with van der Waals surface area (Å²) in [4.78, 5) is 11.6. The van der Waals surface area contributed by atoms with E-state index in [2.05, 4.69) is 0 Å². The second-order valence-corrected chi connectivity index (χ2v) is 7.26. The van der Waals surface area contributed by atoms with Crippen LogP contribution in [0.4, 0.5) is 0 Å². The third-order valence-electron chi connectivity index (χ3n) is 2.93. The predicted octanol–water partition coefficient (Wildman–Crippen LogP) is 1.30. The average molecular weight is 330 g/mol. The molecule has 0 heterocycles. The van der Waals surface area contributed by atoms with Gasteiger partial charge in [-0.25, -0.2) is 0 Å². The van der Waals surface area contributed by atoms with Crippen molar-refractivity contribution in [3.05, 3.63) is 30.3 Å². The van der Waals surface area contributed by atoms with Crippen molar-refractivity contribution in [1.29, 1.82) is 0 Å². The summed E-state index contributed by atoms with van der Waals surface area (Å²) in [7, 11) is -3.16. The molecule has 2 N–H and O–H groups in total. The number of carbonyl (C=O) groups is 1. The number of hydrogen-bond acceptors (Lipinski definition) is 6. The van der Waals surface area contributed by atoms with Gasteiger partial charge in [-0.15, -0.1) is 0 Å². The number of carbonyl (C=O) groups excluding carboxylic acids is 1. The van der Waals surface area contributed by atoms with E-state index in [4.69, 9.17) is 19.5 Å². The molecule has 124 valence electrons. The lowest BCUT2D eigenvalue weighted by molar-refractivity contribution is -0.143. The van der Waals surface area contributed by atoms with Crippen LogP contribution in [0.5, 0.6) is 0 Å². The summed E-state index contributed by atoms with van der Waals surface area (Å²) in [5.74, 6) is -0.463. The smallest absolute Gasteiger partial charge is 0.306 e. The van der Waals surface area contributed by atoms with Gasteiger partial charge >= 0.3 is 5.97 Å². The lowest BCUT2D eigenvalue weighted by Gasteiger charge is -2.18. The van der Waals surface area contributed by atoms with Gasteiger partial charge in [-0.3, -0.25) is 9.36 Å². The highest BCUT2D eigenvalue weighted by Gasteiger charge is 2.27. The molecule has 7 heteroatoms. The van der Waals surface area contributed by atoms with Crippen molar-refractivity contribution in [1.82, 2.24) is 0 Å². The Morgan fingerprint density at radius 3 is 2.32 bits per heavy atom. The highest BCUT2D eigenvalue weighted by Crippen LogP contribution is 2.46. The molecule has 0 saturated heterocycles. The number of esters is 1. The fraction of sp³-hybridized carbons (Fsp3) is 0.533. The van der Waals surface area contributed by atoms with Crippen LogP contribution in [0.25, 0.3) is 0 Å². The second-order valence-electron chi connectivity index (χ2n) is 4.69. The quantitative estimate of drug-likeness (QED) is 0.361. The summed E-state index contributed by atoms with van der Waals surface area (Å²) in [6.45, 7) is 0.233. The van der Waals surface area contributed by atoms with Gasteiger partial charge in [0.2, 0.25) is 7.37 Å². The van der Waals surface area contributed by atoms with Crippen LogP contribution in [0, 0.1) is 0 Å². The van der Waals surface area contributed by atoms with Crippen LogP contribution >= 0.6 is 7.37 Å². The molecule has 0 radical (unpaired) electrons. The molecule has 1 unspecified atom stereocenters. The van der Waals surface area contributed by atoms with Gasteiger partial charge in [-0.2, -0.15) is 0 Å². The number of benzene rings is 1. The molecule has 0 spiro atoms. The summed E-state index contributed by atoms with van der Waals surface area (Å²) >= 11 is 0. The summed E-state index contributed by atoms with van der Waals surface area (Å²) in [5.41, 5.74) is 0. The van der Waals surface area contributed by atoms with Crippen LogP contribution in [-0.2, 0) is 18.6 Å². The number of rotatable bonds is 11. The summed E-state index contributed by atoms with van der Waals surface area (Å²) < 4.78 is 23.4. The largest absolute Gasteiger partial charge is 0.466 e. The van der Waals surface area contributed by atoms with Gasteiger partial charge in [0.1, 0.15) is 0 Å². The molecule has 1 aromatic carbocycles. The molecule has 0 saturated carbocycles. The summed E-state index contributed by atoms with van der Waals surface area (Å²) in [6, 6.07) is 8.74. The molecule has 1 rings (SSSR count). The SMILES string of the molecule is O=C(CCP(=O)(OCCCO)c1ccccc1)OCCCO. The van der Waals surface area contributed by atoms with E-state index in [1.165, 1.54) is 0 Å². The molecule has 0 aliphatic carbocycles. The van der Waals surface area contributed by atoms with Crippen LogP contribution in [0.3, 0.4) is 0 Å². The zero-order chi connectivity index (χ0) is 16.3. The first-order valence-corrected chi connectivity index (χ1v) is 9.10. The van der Waals surface area contributed by atoms with Gasteiger partial charge in [0, 0.05) is 31.1 Å². The van der Waals surface area contributed by atoms with Crippen molar-refractivity contribution in [2.75, 3.05) is 32.6 Å². The van der Waals surface area contributed by atoms with Gasteiger partial charge in [0.25, 0.3) is 0 Å². The average Bonchev–Trinajstić information content (AvgIpc) is 2.54. The Morgan fingerprint density at radius 2 is 1.68 bits per heavy atom. The molecule has 0 aliphatic heterocycles. The number of hydrogen-bond donors (Lipinski definition) is 2. The summed E-state index contributed by atoms with van der Waals surface area (Å²) in [5, 5.41) is 18.0. The van der Waals surface area contributed by atoms with E-state index in [0.717, 1.165) is 0 Å². The van der Waals surface area contributed by atoms with E-state index in [-0.39, 0.29) is 39.0 Å². The first kappa shape index (κ1) is 18.8. The number of aliphatic hydroxyl groups excluding tert-OH is 2. The fourth-order valence-corrected chi connectivity index (χ4v) is 3.82. The van der Waals surface area contributed by atoms with Gasteiger partial charge in [0.05, 0.1) is 19.6 Å². The van der Waals surface area contributed by atoms with Gasteiger partial charge in [-0.1, -0.05) is 18.2 Å². The zero-order valence-electron chi connectivity index (χ0n) is 12.5. The minimum Gasteiger partial charge on any atom is -0.466 e. The van der Waals surface area contributed by atoms with Crippen molar-refractivity contribution < 1.29 is 28.8 Å². The van der Waals surface area contributed by atoms with Crippen molar-refractivity contribution >= 4 is 18.6 Å². The Bertz CT molecular complexity index is 476. The van der Waals surface area contributed by atoms with E-state index >= 15 is 0 Å². The number of ether oxygens (including phenoxy) is 1. The molecule has 0 fully saturated rings. The standard InChI is InChI=1S/C15H23O6P/c16-9-4-11-20-15(18)8-13-22(19,21-12-5-10-17)14-6-2-1-3-7-14/h1-3,6-7,16-17H,4-5,8-13H2. The van der Waals surface area contributed by atoms with Crippen LogP contribution in [0.15, 0.2) is 30.3 Å². The van der Waals surface area contributed by atoms with Crippen LogP contribution in [0.1, 0.15) is 19.3 Å². The molecular formula is C15H23O6P. The Labute approximate surface area is 130 Å². The van der Waals surface area contributed by atoms with Gasteiger partial charge in [-0.05, 0) is 18.6 Å². The molecule has 6 nitrogen and oxygen atoms in total. The van der Waals surface area contributed by atoms with Gasteiger partial charge < -0.3 is 19.5 Å². The number of aliphatic hydroxyl groups is 2. The lowest BCUT2D eigenvalue weighted by atomic mass is 10.4. The van der Waals surface area contributed by atoms with Gasteiger partial charge in [0.15, 0.2) is 0 Å². The van der Waals surface area contributed by atoms with E-state index in [1.807, 2.05) is 6.07 Å². The Morgan fingerprint density at radius 1 is 1.05 bits per heavy atom. The second kappa shape index (κ2) is 10.5. The molecule has 0 aromatic heterocycles. The van der Waals surface area contributed by atoms with E-state index in [1.54, 1.807) is 24.3 Å². The molecule has 0 aliphatic rings. The van der Waals surface area contributed by atoms with Crippen LogP contribution in [0.2, 0.25) is 0 Å². The monoisotopic (exact) mass is 330 g/mol. The molecule has 0 bridgehead atoms. The first-order chi connectivity index (χ1) is 10.6. The van der Waals surface area contributed by atoms with Crippen molar-refractivity contribution in [3.8, 4) is 0 Å². The van der Waals surface area contributed by atoms with E-state index in [9.17, 15) is 9.36 Å². The van der Waals surface area contributed by atoms with Crippen molar-refractivity contribution in [3.63, 3.8) is 0 Å². The molecular weight excluding hydrogens is 307 g/mol. The molecule has 0 amide bonds. The maximum absolute atomic E-state index is 13.0. The minimum atomic E-state index is -3.16. The van der Waals surface area contributed by atoms with Crippen LogP contribution in [-0.4, -0.2) is 48.8 Å². The Balaban J connectivity index is 2.62. The third kappa shape index (κ3) is 6.71. The molecule has 1 atom stereocenters. The lowest BCUT2D eigenvalue weighted by Crippen LogP contribution is -2.15. The Kier molecular flexibility index (Phi) is 9.01. The topological polar surface area (TPSA) is 93.1 Å². The van der Waals surface area contributed by atoms with E-state index in [0.29, 0.717) is 18.1 Å². The zero-order valence-corrected chi connectivity index (χ0v) is 13.4. The minimum absolute atomic E-state index is 0.0171. The highest BCUT2D eigenvalue weighted by atomic mass is 31.2. The normalized spacial score (nSPS) is 13.5. The molecule has 22 heavy (non-hydrogen) atoms. The fourth-order valence-electron chi connectivity index (χ4n) is 1.76. The maximum atomic E-state index is 13.0. The maximum Gasteiger partial charge on any atom is 0.306 e. The Hall–Kier alpha value is -1.20. The van der Waals surface area contributed by atoms with Crippen molar-refractivity contribution in [2.24, 2.45) is 0 Å².